The Morgan fingerprint density at radius 3 is 1.89 bits per heavy atom. The van der Waals surface area contributed by atoms with Crippen LogP contribution in [0, 0.1) is 34.0 Å². The predicted molar refractivity (Wildman–Crippen MR) is 152 cm³/mol. The normalized spacial score (nSPS) is 10.9. The van der Waals surface area contributed by atoms with Crippen LogP contribution in [0.5, 0.6) is 11.5 Å². The highest BCUT2D eigenvalue weighted by atomic mass is 127. The van der Waals surface area contributed by atoms with Gasteiger partial charge < -0.3 is 14.6 Å². The molecule has 0 aliphatic carbocycles. The molecule has 0 aliphatic heterocycles. The Bertz CT molecular complexity index is 1650. The average Bonchev–Trinajstić information content (AvgIpc) is 2.87. The van der Waals surface area contributed by atoms with Crippen molar-refractivity contribution >= 4 is 96.5 Å². The van der Waals surface area contributed by atoms with Crippen molar-refractivity contribution in [3.63, 3.8) is 0 Å². The number of ether oxygens (including phenoxy) is 2. The first-order valence-corrected chi connectivity index (χ1v) is 13.4. The van der Waals surface area contributed by atoms with E-state index in [1.807, 2.05) is 28.7 Å². The van der Waals surface area contributed by atoms with Crippen molar-refractivity contribution in [3.05, 3.63) is 99.2 Å². The maximum absolute atomic E-state index is 14.3. The Morgan fingerprint density at radius 1 is 0.711 bits per heavy atom. The van der Waals surface area contributed by atoms with E-state index in [2.05, 4.69) is 49.9 Å². The molecule has 4 aromatic carbocycles. The van der Waals surface area contributed by atoms with Gasteiger partial charge in [0.2, 0.25) is 17.4 Å². The first-order chi connectivity index (χ1) is 17.9. The van der Waals surface area contributed by atoms with Gasteiger partial charge in [-0.05, 0) is 97.4 Å². The molecule has 0 amide bonds. The number of benzene rings is 4. The van der Waals surface area contributed by atoms with Crippen LogP contribution < -0.4 is 9.47 Å². The summed E-state index contributed by atoms with van der Waals surface area (Å²) in [6.07, 6.45) is 0. The molecule has 0 spiro atoms. The van der Waals surface area contributed by atoms with Crippen LogP contribution in [0.2, 0.25) is 0 Å². The van der Waals surface area contributed by atoms with Gasteiger partial charge in [0.25, 0.3) is 0 Å². The Hall–Kier alpha value is -2.54. The van der Waals surface area contributed by atoms with Crippen LogP contribution in [0.1, 0.15) is 31.1 Å². The lowest BCUT2D eigenvalue weighted by Gasteiger charge is -2.13. The quantitative estimate of drug-likeness (QED) is 0.0743. The average molecular weight is 862 g/mol. The second kappa shape index (κ2) is 11.3. The molecule has 6 nitrogen and oxygen atoms in total. The van der Waals surface area contributed by atoms with Gasteiger partial charge in [0.1, 0.15) is 11.3 Å². The van der Waals surface area contributed by atoms with E-state index in [1.54, 1.807) is 12.1 Å². The van der Waals surface area contributed by atoms with Crippen molar-refractivity contribution in [1.82, 2.24) is 0 Å². The first-order valence-electron chi connectivity index (χ1n) is 10.1. The summed E-state index contributed by atoms with van der Waals surface area (Å²) in [6, 6.07) is 12.0. The van der Waals surface area contributed by atoms with Gasteiger partial charge in [-0.25, -0.2) is 23.2 Å². The van der Waals surface area contributed by atoms with Crippen molar-refractivity contribution < 1.29 is 46.5 Å². The highest BCUT2D eigenvalue weighted by molar-refractivity contribution is 14.1. The Balaban J connectivity index is 1.72. The molecule has 0 aromatic heterocycles. The lowest BCUT2D eigenvalue weighted by atomic mass is 10.0. The van der Waals surface area contributed by atoms with E-state index in [9.17, 15) is 31.9 Å². The molecule has 0 bridgehead atoms. The monoisotopic (exact) mass is 862 g/mol. The van der Waals surface area contributed by atoms with Crippen LogP contribution in [-0.2, 0) is 0 Å². The van der Waals surface area contributed by atoms with Gasteiger partial charge in [0.05, 0.1) is 11.1 Å². The van der Waals surface area contributed by atoms with Gasteiger partial charge in [-0.1, -0.05) is 24.3 Å². The van der Waals surface area contributed by atoms with Gasteiger partial charge in [0, 0.05) is 16.1 Å². The number of hydrogen-bond donors (Lipinski definition) is 1. The molecule has 0 radical (unpaired) electrons. The highest BCUT2D eigenvalue weighted by Crippen LogP contribution is 2.34. The van der Waals surface area contributed by atoms with E-state index in [1.165, 1.54) is 24.3 Å². The van der Waals surface area contributed by atoms with E-state index in [-0.39, 0.29) is 22.1 Å². The van der Waals surface area contributed by atoms with E-state index < -0.39 is 52.5 Å². The van der Waals surface area contributed by atoms with Gasteiger partial charge in [-0.2, -0.15) is 8.78 Å². The summed E-state index contributed by atoms with van der Waals surface area (Å²) in [4.78, 5) is 36.7. The standard InChI is InChI=1S/C25H9F4I3O6/c26-17-16(23(33)34)18(27)20(29)22(19(17)28)38-24(35)12-5-6-15(11-4-2-1-3-10(11)12)37-25(36)13-7-9(30)8-14(31)21(13)32/h1-8H,(H,33,34). The van der Waals surface area contributed by atoms with Crippen LogP contribution in [0.3, 0.4) is 0 Å². The van der Waals surface area contributed by atoms with Crippen molar-refractivity contribution in [3.8, 4) is 11.5 Å². The molecule has 194 valence electrons. The number of carboxylic acids is 1. The van der Waals surface area contributed by atoms with E-state index in [0.29, 0.717) is 9.13 Å². The maximum Gasteiger partial charge on any atom is 0.344 e. The Kier molecular flexibility index (Phi) is 8.46. The number of carbonyl (C=O) groups excluding carboxylic acids is 2. The number of aromatic carboxylic acids is 1. The van der Waals surface area contributed by atoms with Crippen molar-refractivity contribution in [2.75, 3.05) is 0 Å². The third-order valence-electron chi connectivity index (χ3n) is 5.15. The minimum atomic E-state index is -2.25. The molecular weight excluding hydrogens is 853 g/mol. The molecule has 0 atom stereocenters. The summed E-state index contributed by atoms with van der Waals surface area (Å²) in [5, 5.41) is 9.20. The van der Waals surface area contributed by atoms with Gasteiger partial charge in [-0.15, -0.1) is 0 Å². The SMILES string of the molecule is O=C(Oc1ccc(C(=O)Oc2c(F)c(F)c(C(=O)O)c(F)c2F)c2ccccc12)c1cc(I)cc(I)c1I. The molecule has 0 unspecified atom stereocenters. The Morgan fingerprint density at radius 2 is 1.29 bits per heavy atom. The summed E-state index contributed by atoms with van der Waals surface area (Å²) in [5.74, 6) is -14.8. The zero-order valence-corrected chi connectivity index (χ0v) is 24.7. The van der Waals surface area contributed by atoms with Gasteiger partial charge >= 0.3 is 17.9 Å². The second-order valence-electron chi connectivity index (χ2n) is 7.45. The lowest BCUT2D eigenvalue weighted by molar-refractivity contribution is 0.0680. The molecule has 1 N–H and O–H groups in total. The molecular formula is C25H9F4I3O6. The number of hydrogen-bond acceptors (Lipinski definition) is 5. The molecule has 0 heterocycles. The van der Waals surface area contributed by atoms with Crippen LogP contribution in [-0.4, -0.2) is 23.0 Å². The van der Waals surface area contributed by atoms with Crippen LogP contribution in [0.25, 0.3) is 10.8 Å². The van der Waals surface area contributed by atoms with E-state index >= 15 is 0 Å². The zero-order valence-electron chi connectivity index (χ0n) is 18.3. The second-order valence-corrected chi connectivity index (χ2v) is 10.9. The Labute approximate surface area is 251 Å². The summed E-state index contributed by atoms with van der Waals surface area (Å²) in [6.45, 7) is 0. The number of halogens is 7. The molecule has 0 saturated carbocycles. The molecule has 0 fully saturated rings. The summed E-state index contributed by atoms with van der Waals surface area (Å²) in [5.41, 5.74) is -1.83. The molecule has 4 rings (SSSR count). The van der Waals surface area contributed by atoms with Crippen molar-refractivity contribution in [2.45, 2.75) is 0 Å². The first kappa shape index (κ1) is 28.5. The molecule has 4 aromatic rings. The summed E-state index contributed by atoms with van der Waals surface area (Å²) < 4.78 is 69.3. The third-order valence-corrected chi connectivity index (χ3v) is 8.82. The number of carbonyl (C=O) groups is 3. The number of carboxylic acid groups (broad SMARTS) is 1. The van der Waals surface area contributed by atoms with Crippen LogP contribution in [0.15, 0.2) is 48.5 Å². The van der Waals surface area contributed by atoms with Crippen LogP contribution in [0.4, 0.5) is 17.6 Å². The maximum atomic E-state index is 14.3. The number of fused-ring (bicyclic) bond motifs is 1. The fraction of sp³-hybridized carbons (Fsp3) is 0. The van der Waals surface area contributed by atoms with E-state index in [0.717, 1.165) is 13.2 Å². The minimum Gasteiger partial charge on any atom is -0.477 e. The molecule has 13 heteroatoms. The lowest BCUT2D eigenvalue weighted by Crippen LogP contribution is -2.16. The van der Waals surface area contributed by atoms with E-state index in [4.69, 9.17) is 9.84 Å². The highest BCUT2D eigenvalue weighted by Gasteiger charge is 2.32. The largest absolute Gasteiger partial charge is 0.477 e. The van der Waals surface area contributed by atoms with Crippen molar-refractivity contribution in [2.24, 2.45) is 0 Å². The predicted octanol–water partition coefficient (Wildman–Crippen LogP) is 7.35. The number of rotatable bonds is 5. The number of esters is 2. The van der Waals surface area contributed by atoms with Crippen LogP contribution >= 0.6 is 67.8 Å². The minimum absolute atomic E-state index is 0.0621. The van der Waals surface area contributed by atoms with Gasteiger partial charge in [0.15, 0.2) is 11.6 Å². The van der Waals surface area contributed by atoms with Crippen molar-refractivity contribution in [1.29, 1.82) is 0 Å². The zero-order chi connectivity index (χ0) is 27.9. The summed E-state index contributed by atoms with van der Waals surface area (Å²) >= 11 is 6.17. The third kappa shape index (κ3) is 5.31. The topological polar surface area (TPSA) is 89.9 Å². The molecule has 0 saturated heterocycles. The molecule has 0 aliphatic rings. The smallest absolute Gasteiger partial charge is 0.344 e. The van der Waals surface area contributed by atoms with Gasteiger partial charge in [-0.3, -0.25) is 0 Å². The fourth-order valence-corrected chi connectivity index (χ4v) is 5.81. The molecule has 38 heavy (non-hydrogen) atoms. The fourth-order valence-electron chi connectivity index (χ4n) is 3.43. The summed E-state index contributed by atoms with van der Waals surface area (Å²) in [7, 11) is 0.